The fourth-order valence-corrected chi connectivity index (χ4v) is 3.58. The zero-order valence-electron chi connectivity index (χ0n) is 13.0. The van der Waals surface area contributed by atoms with E-state index in [1.165, 1.54) is 18.5 Å². The highest BCUT2D eigenvalue weighted by Gasteiger charge is 2.30. The maximum atomic E-state index is 12.6. The van der Waals surface area contributed by atoms with Gasteiger partial charge in [0.2, 0.25) is 10.0 Å². The zero-order chi connectivity index (χ0) is 16.2. The molecule has 0 aliphatic heterocycles. The van der Waals surface area contributed by atoms with Gasteiger partial charge in [0, 0.05) is 32.0 Å². The van der Waals surface area contributed by atoms with E-state index in [4.69, 9.17) is 9.47 Å². The normalized spacial score (nSPS) is 11.9. The number of H-pyrrole nitrogens is 1. The maximum Gasteiger partial charge on any atom is 0.355 e. The molecule has 1 N–H and O–H groups in total. The van der Waals surface area contributed by atoms with Gasteiger partial charge in [0.05, 0.1) is 13.2 Å². The van der Waals surface area contributed by atoms with Crippen molar-refractivity contribution in [3.63, 3.8) is 0 Å². The van der Waals surface area contributed by atoms with Crippen molar-refractivity contribution in [2.75, 3.05) is 33.9 Å². The molecule has 7 nitrogen and oxygen atoms in total. The summed E-state index contributed by atoms with van der Waals surface area (Å²) in [6.07, 6.45) is 0. The Morgan fingerprint density at radius 1 is 1.33 bits per heavy atom. The Labute approximate surface area is 125 Å². The predicted molar refractivity (Wildman–Crippen MR) is 77.9 cm³/mol. The molecular formula is C13H22N2O5S. The molecule has 1 rings (SSSR count). The lowest BCUT2D eigenvalue weighted by Gasteiger charge is -2.17. The number of likely N-dealkylation sites (N-methyl/N-ethyl adjacent to an activating group) is 1. The molecule has 0 fully saturated rings. The van der Waals surface area contributed by atoms with E-state index in [1.54, 1.807) is 20.8 Å². The summed E-state index contributed by atoms with van der Waals surface area (Å²) in [5, 5.41) is 0. The molecule has 0 saturated heterocycles. The van der Waals surface area contributed by atoms with Gasteiger partial charge in [0.1, 0.15) is 10.6 Å². The third kappa shape index (κ3) is 3.63. The van der Waals surface area contributed by atoms with Gasteiger partial charge in [-0.05, 0) is 20.8 Å². The maximum absolute atomic E-state index is 12.6. The van der Waals surface area contributed by atoms with E-state index in [2.05, 4.69) is 4.98 Å². The number of esters is 1. The number of methoxy groups -OCH3 is 1. The SMILES string of the molecule is CCOC(=O)c1[nH]c(C)c(S(=O)(=O)N(C)CCOC)c1C. The molecule has 0 aliphatic carbocycles. The van der Waals surface area contributed by atoms with Crippen molar-refractivity contribution in [3.8, 4) is 0 Å². The fraction of sp³-hybridized carbons (Fsp3) is 0.615. The number of aryl methyl sites for hydroxylation is 1. The standard InChI is InChI=1S/C13H22N2O5S/c1-6-20-13(16)11-9(2)12(10(3)14-11)21(17,18)15(4)7-8-19-5/h14H,6-8H2,1-5H3. The van der Waals surface area contributed by atoms with Gasteiger partial charge >= 0.3 is 5.97 Å². The zero-order valence-corrected chi connectivity index (χ0v) is 13.8. The van der Waals surface area contributed by atoms with Crippen LogP contribution >= 0.6 is 0 Å². The Hall–Kier alpha value is -1.38. The van der Waals surface area contributed by atoms with Crippen LogP contribution in [0.5, 0.6) is 0 Å². The van der Waals surface area contributed by atoms with Crippen LogP contribution in [0.15, 0.2) is 4.90 Å². The molecular weight excluding hydrogens is 296 g/mol. The number of aromatic nitrogens is 1. The average molecular weight is 318 g/mol. The van der Waals surface area contributed by atoms with Crippen molar-refractivity contribution in [1.29, 1.82) is 0 Å². The monoisotopic (exact) mass is 318 g/mol. The second-order valence-corrected chi connectivity index (χ2v) is 6.60. The molecule has 0 spiro atoms. The number of hydrogen-bond acceptors (Lipinski definition) is 5. The summed E-state index contributed by atoms with van der Waals surface area (Å²) in [5.74, 6) is -0.556. The fourth-order valence-electron chi connectivity index (χ4n) is 2.02. The number of rotatable bonds is 7. The number of ether oxygens (including phenoxy) is 2. The van der Waals surface area contributed by atoms with Gasteiger partial charge in [-0.2, -0.15) is 4.31 Å². The molecule has 0 amide bonds. The summed E-state index contributed by atoms with van der Waals surface area (Å²) in [4.78, 5) is 14.7. The van der Waals surface area contributed by atoms with Crippen LogP contribution in [0.4, 0.5) is 0 Å². The highest BCUT2D eigenvalue weighted by Crippen LogP contribution is 2.26. The van der Waals surface area contributed by atoms with Crippen molar-refractivity contribution in [3.05, 3.63) is 17.0 Å². The lowest BCUT2D eigenvalue weighted by molar-refractivity contribution is 0.0519. The Morgan fingerprint density at radius 3 is 2.48 bits per heavy atom. The van der Waals surface area contributed by atoms with E-state index in [-0.39, 0.29) is 23.7 Å². The number of carbonyl (C=O) groups excluding carboxylic acids is 1. The van der Waals surface area contributed by atoms with Crippen molar-refractivity contribution in [2.24, 2.45) is 0 Å². The summed E-state index contributed by atoms with van der Waals surface area (Å²) in [6, 6.07) is 0. The minimum absolute atomic E-state index is 0.115. The first-order valence-corrected chi connectivity index (χ1v) is 8.02. The van der Waals surface area contributed by atoms with Crippen molar-refractivity contribution in [2.45, 2.75) is 25.7 Å². The van der Waals surface area contributed by atoms with E-state index in [1.807, 2.05) is 0 Å². The molecule has 1 heterocycles. The van der Waals surface area contributed by atoms with Gasteiger partial charge < -0.3 is 14.5 Å². The molecule has 120 valence electrons. The third-order valence-corrected chi connectivity index (χ3v) is 5.26. The van der Waals surface area contributed by atoms with E-state index < -0.39 is 16.0 Å². The van der Waals surface area contributed by atoms with Crippen LogP contribution in [-0.4, -0.2) is 57.6 Å². The molecule has 8 heteroatoms. The number of nitrogens with zero attached hydrogens (tertiary/aromatic N) is 1. The lowest BCUT2D eigenvalue weighted by Crippen LogP contribution is -2.30. The summed E-state index contributed by atoms with van der Waals surface area (Å²) in [6.45, 7) is 5.66. The topological polar surface area (TPSA) is 88.7 Å². The van der Waals surface area contributed by atoms with E-state index >= 15 is 0 Å². The first kappa shape index (κ1) is 17.7. The smallest absolute Gasteiger partial charge is 0.355 e. The first-order chi connectivity index (χ1) is 9.77. The Kier molecular flexibility index (Phi) is 5.94. The van der Waals surface area contributed by atoms with Crippen LogP contribution in [0, 0.1) is 13.8 Å². The molecule has 0 unspecified atom stereocenters. The summed E-state index contributed by atoms with van der Waals surface area (Å²) in [5.41, 5.74) is 0.961. The van der Waals surface area contributed by atoms with Gasteiger partial charge in [-0.1, -0.05) is 0 Å². The summed E-state index contributed by atoms with van der Waals surface area (Å²) in [7, 11) is -0.703. The van der Waals surface area contributed by atoms with Crippen molar-refractivity contribution in [1.82, 2.24) is 9.29 Å². The van der Waals surface area contributed by atoms with Gasteiger partial charge in [-0.25, -0.2) is 13.2 Å². The van der Waals surface area contributed by atoms with E-state index in [0.717, 1.165) is 0 Å². The van der Waals surface area contributed by atoms with Gasteiger partial charge in [0.25, 0.3) is 0 Å². The van der Waals surface area contributed by atoms with Crippen molar-refractivity contribution < 1.29 is 22.7 Å². The number of aromatic amines is 1. The molecule has 1 aromatic rings. The molecule has 0 aromatic carbocycles. The highest BCUT2D eigenvalue weighted by molar-refractivity contribution is 7.89. The largest absolute Gasteiger partial charge is 0.461 e. The van der Waals surface area contributed by atoms with Crippen LogP contribution < -0.4 is 0 Å². The molecule has 0 saturated carbocycles. The number of hydrogen-bond donors (Lipinski definition) is 1. The third-order valence-electron chi connectivity index (χ3n) is 3.13. The van der Waals surface area contributed by atoms with Crippen LogP contribution in [-0.2, 0) is 19.5 Å². The van der Waals surface area contributed by atoms with Crippen LogP contribution in [0.25, 0.3) is 0 Å². The second-order valence-electron chi connectivity index (χ2n) is 4.62. The summed E-state index contributed by atoms with van der Waals surface area (Å²) < 4.78 is 36.2. The Bertz CT molecular complexity index is 606. The minimum atomic E-state index is -3.69. The predicted octanol–water partition coefficient (Wildman–Crippen LogP) is 1.08. The quantitative estimate of drug-likeness (QED) is 0.760. The number of nitrogens with one attached hydrogen (secondary N) is 1. The average Bonchev–Trinajstić information content (AvgIpc) is 2.71. The molecule has 21 heavy (non-hydrogen) atoms. The minimum Gasteiger partial charge on any atom is -0.461 e. The van der Waals surface area contributed by atoms with Crippen molar-refractivity contribution >= 4 is 16.0 Å². The molecule has 0 aliphatic rings. The van der Waals surface area contributed by atoms with Crippen LogP contribution in [0.1, 0.15) is 28.7 Å². The second kappa shape index (κ2) is 7.06. The van der Waals surface area contributed by atoms with E-state index in [0.29, 0.717) is 17.9 Å². The van der Waals surface area contributed by atoms with Crippen LogP contribution in [0.3, 0.4) is 0 Å². The van der Waals surface area contributed by atoms with Gasteiger partial charge in [-0.15, -0.1) is 0 Å². The Balaban J connectivity index is 3.22. The lowest BCUT2D eigenvalue weighted by atomic mass is 10.2. The highest BCUT2D eigenvalue weighted by atomic mass is 32.2. The molecule has 0 atom stereocenters. The van der Waals surface area contributed by atoms with Gasteiger partial charge in [0.15, 0.2) is 0 Å². The molecule has 0 radical (unpaired) electrons. The first-order valence-electron chi connectivity index (χ1n) is 6.58. The number of sulfonamides is 1. The van der Waals surface area contributed by atoms with Gasteiger partial charge in [-0.3, -0.25) is 0 Å². The number of carbonyl (C=O) groups is 1. The Morgan fingerprint density at radius 2 is 1.95 bits per heavy atom. The van der Waals surface area contributed by atoms with Crippen LogP contribution in [0.2, 0.25) is 0 Å². The van der Waals surface area contributed by atoms with E-state index in [9.17, 15) is 13.2 Å². The molecule has 0 bridgehead atoms. The molecule has 1 aromatic heterocycles. The summed E-state index contributed by atoms with van der Waals surface area (Å²) >= 11 is 0.